The van der Waals surface area contributed by atoms with Crippen LogP contribution in [0.2, 0.25) is 0 Å². The smallest absolute Gasteiger partial charge is 0.289 e. The third-order valence-corrected chi connectivity index (χ3v) is 3.17. The van der Waals surface area contributed by atoms with Crippen molar-refractivity contribution in [2.24, 2.45) is 0 Å². The van der Waals surface area contributed by atoms with Gasteiger partial charge in [-0.15, -0.1) is 0 Å². The first-order valence-electron chi connectivity index (χ1n) is 6.21. The molecule has 17 heavy (non-hydrogen) atoms. The molecule has 1 aliphatic heterocycles. The lowest BCUT2D eigenvalue weighted by atomic mass is 10.1. The van der Waals surface area contributed by atoms with Crippen LogP contribution in [-0.4, -0.2) is 36.4 Å². The van der Waals surface area contributed by atoms with Gasteiger partial charge in [-0.3, -0.25) is 4.79 Å². The first-order valence-corrected chi connectivity index (χ1v) is 6.21. The van der Waals surface area contributed by atoms with Crippen molar-refractivity contribution in [2.45, 2.75) is 44.2 Å². The zero-order valence-electron chi connectivity index (χ0n) is 9.85. The van der Waals surface area contributed by atoms with Gasteiger partial charge in [0, 0.05) is 0 Å². The summed E-state index contributed by atoms with van der Waals surface area (Å²) in [4.78, 5) is 11.8. The summed E-state index contributed by atoms with van der Waals surface area (Å²) < 4.78 is 10.2. The molecule has 0 aromatic heterocycles. The fraction of sp³-hybridized carbons (Fsp3) is 0.750. The van der Waals surface area contributed by atoms with Gasteiger partial charge in [-0.25, -0.2) is 0 Å². The van der Waals surface area contributed by atoms with Crippen molar-refractivity contribution < 1.29 is 19.4 Å². The van der Waals surface area contributed by atoms with Crippen molar-refractivity contribution in [2.75, 3.05) is 13.2 Å². The van der Waals surface area contributed by atoms with Gasteiger partial charge < -0.3 is 19.9 Å². The van der Waals surface area contributed by atoms with Crippen LogP contribution in [0.15, 0.2) is 12.0 Å². The van der Waals surface area contributed by atoms with Gasteiger partial charge in [0.15, 0.2) is 0 Å². The zero-order valence-corrected chi connectivity index (χ0v) is 9.85. The molecule has 2 unspecified atom stereocenters. The molecule has 1 fully saturated rings. The van der Waals surface area contributed by atoms with E-state index in [-0.39, 0.29) is 17.7 Å². The maximum Gasteiger partial charge on any atom is 0.289 e. The van der Waals surface area contributed by atoms with Crippen LogP contribution in [0, 0.1) is 0 Å². The molecule has 5 heteroatoms. The fourth-order valence-electron chi connectivity index (χ4n) is 2.18. The molecule has 2 rings (SSSR count). The van der Waals surface area contributed by atoms with Gasteiger partial charge in [0.2, 0.25) is 5.76 Å². The molecule has 1 heterocycles. The first-order chi connectivity index (χ1) is 8.27. The Morgan fingerprint density at radius 1 is 1.29 bits per heavy atom. The third-order valence-electron chi connectivity index (χ3n) is 3.17. The molecule has 1 aliphatic carbocycles. The minimum Gasteiger partial charge on any atom is -0.494 e. The Labute approximate surface area is 101 Å². The fourth-order valence-corrected chi connectivity index (χ4v) is 2.18. The van der Waals surface area contributed by atoms with Gasteiger partial charge in [-0.2, -0.15) is 0 Å². The lowest BCUT2D eigenvalue weighted by Gasteiger charge is -2.23. The molecule has 0 spiro atoms. The van der Waals surface area contributed by atoms with Crippen LogP contribution in [-0.2, 0) is 14.3 Å². The maximum absolute atomic E-state index is 11.8. The molecule has 5 nitrogen and oxygen atoms in total. The molecular weight excluding hydrogens is 222 g/mol. The quantitative estimate of drug-likeness (QED) is 0.698. The number of carbonyl (C=O) groups excluding carboxylic acids is 1. The number of carbonyl (C=O) groups is 1. The lowest BCUT2D eigenvalue weighted by molar-refractivity contribution is -0.123. The summed E-state index contributed by atoms with van der Waals surface area (Å²) in [6.07, 6.45) is 5.64. The van der Waals surface area contributed by atoms with Crippen LogP contribution in [0.1, 0.15) is 32.1 Å². The van der Waals surface area contributed by atoms with Crippen molar-refractivity contribution in [3.8, 4) is 0 Å². The maximum atomic E-state index is 11.8. The van der Waals surface area contributed by atoms with E-state index in [1.54, 1.807) is 0 Å². The summed E-state index contributed by atoms with van der Waals surface area (Å²) in [5, 5.41) is 12.7. The van der Waals surface area contributed by atoms with E-state index in [0.717, 1.165) is 32.1 Å². The van der Waals surface area contributed by atoms with Crippen molar-refractivity contribution in [3.05, 3.63) is 12.0 Å². The van der Waals surface area contributed by atoms with Crippen LogP contribution in [0.25, 0.3) is 0 Å². The molecule has 2 N–H and O–H groups in total. The van der Waals surface area contributed by atoms with Crippen molar-refractivity contribution in [1.29, 1.82) is 0 Å². The summed E-state index contributed by atoms with van der Waals surface area (Å²) in [6, 6.07) is -0.170. The van der Waals surface area contributed by atoms with Gasteiger partial charge in [0.25, 0.3) is 5.91 Å². The Balaban J connectivity index is 1.90. The summed E-state index contributed by atoms with van der Waals surface area (Å²) in [5.74, 6) is -0.0941. The Hall–Kier alpha value is -1.23. The molecule has 0 saturated heterocycles. The highest BCUT2D eigenvalue weighted by atomic mass is 16.6. The first kappa shape index (κ1) is 12.2. The van der Waals surface area contributed by atoms with Crippen LogP contribution >= 0.6 is 0 Å². The Morgan fingerprint density at radius 2 is 2.12 bits per heavy atom. The number of hydrogen-bond acceptors (Lipinski definition) is 4. The molecule has 0 radical (unpaired) electrons. The molecule has 2 atom stereocenters. The second-order valence-electron chi connectivity index (χ2n) is 4.49. The molecule has 0 aromatic carbocycles. The predicted molar refractivity (Wildman–Crippen MR) is 61.0 cm³/mol. The van der Waals surface area contributed by atoms with E-state index in [4.69, 9.17) is 9.47 Å². The summed E-state index contributed by atoms with van der Waals surface area (Å²) in [7, 11) is 0. The lowest BCUT2D eigenvalue weighted by Crippen LogP contribution is -2.43. The van der Waals surface area contributed by atoms with Crippen LogP contribution in [0.4, 0.5) is 0 Å². The number of ether oxygens (including phenoxy) is 2. The predicted octanol–water partition coefficient (Wildman–Crippen LogP) is 0.684. The number of aliphatic hydroxyl groups is 1. The minimum absolute atomic E-state index is 0.170. The van der Waals surface area contributed by atoms with Gasteiger partial charge >= 0.3 is 0 Å². The molecule has 1 saturated carbocycles. The molecule has 1 amide bonds. The number of rotatable bonds is 2. The normalized spacial score (nSPS) is 29.4. The SMILES string of the molecule is O=C(NC1CCCCCC1O)C1=COCCO1. The number of aliphatic hydroxyl groups excluding tert-OH is 1. The average molecular weight is 241 g/mol. The van der Waals surface area contributed by atoms with Gasteiger partial charge in [-0.05, 0) is 12.8 Å². The molecule has 2 aliphatic rings. The average Bonchev–Trinajstić information content (AvgIpc) is 2.56. The van der Waals surface area contributed by atoms with Gasteiger partial charge in [0.1, 0.15) is 19.5 Å². The van der Waals surface area contributed by atoms with Crippen LogP contribution in [0.5, 0.6) is 0 Å². The van der Waals surface area contributed by atoms with Gasteiger partial charge in [0.05, 0.1) is 12.1 Å². The van der Waals surface area contributed by atoms with Crippen molar-refractivity contribution in [3.63, 3.8) is 0 Å². The molecule has 0 aromatic rings. The molecule has 0 bridgehead atoms. The minimum atomic E-state index is -0.452. The van der Waals surface area contributed by atoms with E-state index in [2.05, 4.69) is 5.32 Å². The molecular formula is C12H19NO4. The third kappa shape index (κ3) is 3.36. The highest BCUT2D eigenvalue weighted by molar-refractivity contribution is 5.91. The van der Waals surface area contributed by atoms with Crippen LogP contribution < -0.4 is 5.32 Å². The van der Waals surface area contributed by atoms with E-state index < -0.39 is 6.10 Å². The summed E-state index contributed by atoms with van der Waals surface area (Å²) >= 11 is 0. The largest absolute Gasteiger partial charge is 0.494 e. The van der Waals surface area contributed by atoms with E-state index in [9.17, 15) is 9.90 Å². The van der Waals surface area contributed by atoms with Crippen molar-refractivity contribution >= 4 is 5.91 Å². The van der Waals surface area contributed by atoms with E-state index >= 15 is 0 Å². The number of nitrogens with one attached hydrogen (secondary N) is 1. The zero-order chi connectivity index (χ0) is 12.1. The molecule has 96 valence electrons. The number of hydrogen-bond donors (Lipinski definition) is 2. The standard InChI is InChI=1S/C12H19NO4/c14-10-5-3-1-2-4-9(10)13-12(15)11-8-16-6-7-17-11/h8-10,14H,1-7H2,(H,13,15). The Bertz CT molecular complexity index is 303. The monoisotopic (exact) mass is 241 g/mol. The Morgan fingerprint density at radius 3 is 2.88 bits per heavy atom. The number of amides is 1. The van der Waals surface area contributed by atoms with E-state index in [1.165, 1.54) is 6.26 Å². The summed E-state index contributed by atoms with van der Waals surface area (Å²) in [6.45, 7) is 0.870. The Kier molecular flexibility index (Phi) is 4.25. The van der Waals surface area contributed by atoms with E-state index in [0.29, 0.717) is 13.2 Å². The van der Waals surface area contributed by atoms with Gasteiger partial charge in [-0.1, -0.05) is 19.3 Å². The van der Waals surface area contributed by atoms with E-state index in [1.807, 2.05) is 0 Å². The van der Waals surface area contributed by atoms with Crippen LogP contribution in [0.3, 0.4) is 0 Å². The summed E-state index contributed by atoms with van der Waals surface area (Å²) in [5.41, 5.74) is 0. The second-order valence-corrected chi connectivity index (χ2v) is 4.49. The second kappa shape index (κ2) is 5.91. The topological polar surface area (TPSA) is 67.8 Å². The highest BCUT2D eigenvalue weighted by Gasteiger charge is 2.25. The van der Waals surface area contributed by atoms with Crippen molar-refractivity contribution in [1.82, 2.24) is 5.32 Å². The highest BCUT2D eigenvalue weighted by Crippen LogP contribution is 2.18.